The van der Waals surface area contributed by atoms with Gasteiger partial charge in [0, 0.05) is 29.1 Å². The molecule has 0 saturated carbocycles. The maximum Gasteiger partial charge on any atom is 0.147 e. The second-order valence-electron chi connectivity index (χ2n) is 3.81. The summed E-state index contributed by atoms with van der Waals surface area (Å²) < 4.78 is 1.17. The lowest BCUT2D eigenvalue weighted by Gasteiger charge is -2.21. The second kappa shape index (κ2) is 5.46. The van der Waals surface area contributed by atoms with Crippen molar-refractivity contribution in [2.45, 2.75) is 5.25 Å². The third-order valence-corrected chi connectivity index (χ3v) is 6.38. The Morgan fingerprint density at radius 3 is 3.24 bits per heavy atom. The maximum absolute atomic E-state index is 4.34. The molecule has 0 aromatic carbocycles. The third-order valence-electron chi connectivity index (χ3n) is 2.63. The Morgan fingerprint density at radius 2 is 2.35 bits per heavy atom. The number of aromatic nitrogens is 2. The van der Waals surface area contributed by atoms with Gasteiger partial charge in [0.2, 0.25) is 0 Å². The third kappa shape index (κ3) is 2.69. The second-order valence-corrected chi connectivity index (χ2v) is 7.28. The van der Waals surface area contributed by atoms with Crippen molar-refractivity contribution in [3.8, 4) is 0 Å². The molecule has 0 radical (unpaired) electrons. The average Bonchev–Trinajstić information content (AvgIpc) is 2.86. The topological polar surface area (TPSA) is 37.8 Å². The molecule has 6 heteroatoms. The maximum atomic E-state index is 4.34. The summed E-state index contributed by atoms with van der Waals surface area (Å²) in [6.45, 7) is 1.00. The van der Waals surface area contributed by atoms with Crippen LogP contribution in [0.5, 0.6) is 0 Å². The predicted octanol–water partition coefficient (Wildman–Crippen LogP) is 2.95. The van der Waals surface area contributed by atoms with Crippen molar-refractivity contribution >= 4 is 50.9 Å². The van der Waals surface area contributed by atoms with Gasteiger partial charge in [0.05, 0.1) is 10.2 Å². The van der Waals surface area contributed by atoms with Crippen LogP contribution in [0.25, 0.3) is 10.2 Å². The lowest BCUT2D eigenvalue weighted by molar-refractivity contribution is 0.994. The van der Waals surface area contributed by atoms with Gasteiger partial charge in [-0.2, -0.15) is 23.5 Å². The lowest BCUT2D eigenvalue weighted by Crippen LogP contribution is -2.23. The van der Waals surface area contributed by atoms with Crippen molar-refractivity contribution in [2.24, 2.45) is 0 Å². The van der Waals surface area contributed by atoms with E-state index in [1.807, 2.05) is 6.07 Å². The van der Waals surface area contributed by atoms with Crippen LogP contribution < -0.4 is 5.32 Å². The summed E-state index contributed by atoms with van der Waals surface area (Å²) in [6.07, 6.45) is 1.64. The van der Waals surface area contributed by atoms with Crippen LogP contribution in [-0.2, 0) is 0 Å². The molecule has 1 saturated heterocycles. The molecule has 3 rings (SSSR count). The minimum absolute atomic E-state index is 0.707. The van der Waals surface area contributed by atoms with Crippen molar-refractivity contribution in [1.82, 2.24) is 9.97 Å². The van der Waals surface area contributed by atoms with E-state index in [9.17, 15) is 0 Å². The van der Waals surface area contributed by atoms with Crippen LogP contribution in [0.1, 0.15) is 0 Å². The molecule has 3 nitrogen and oxygen atoms in total. The first kappa shape index (κ1) is 11.6. The summed E-state index contributed by atoms with van der Waals surface area (Å²) in [6, 6.07) is 2.04. The molecule has 2 aromatic rings. The van der Waals surface area contributed by atoms with Crippen molar-refractivity contribution < 1.29 is 0 Å². The highest BCUT2D eigenvalue weighted by Crippen LogP contribution is 2.27. The monoisotopic (exact) mass is 283 g/mol. The van der Waals surface area contributed by atoms with Gasteiger partial charge in [0.15, 0.2) is 0 Å². The number of nitrogens with zero attached hydrogens (tertiary/aromatic N) is 2. The molecule has 1 unspecified atom stereocenters. The molecule has 0 aliphatic carbocycles. The van der Waals surface area contributed by atoms with Gasteiger partial charge in [-0.1, -0.05) is 0 Å². The number of anilines is 1. The fourth-order valence-electron chi connectivity index (χ4n) is 1.78. The summed E-state index contributed by atoms with van der Waals surface area (Å²) >= 11 is 5.82. The Bertz CT molecular complexity index is 493. The number of hydrogen-bond acceptors (Lipinski definition) is 6. The molecule has 0 spiro atoms. The minimum Gasteiger partial charge on any atom is -0.368 e. The van der Waals surface area contributed by atoms with Crippen molar-refractivity contribution in [1.29, 1.82) is 0 Å². The van der Waals surface area contributed by atoms with E-state index >= 15 is 0 Å². The summed E-state index contributed by atoms with van der Waals surface area (Å²) in [5, 5.41) is 6.24. The van der Waals surface area contributed by atoms with Crippen LogP contribution in [0.3, 0.4) is 0 Å². The average molecular weight is 283 g/mol. The standard InChI is InChI=1S/C11H13N3S3/c1-2-17-10-9(1)13-7-14-11(10)12-5-8-6-15-3-4-16-8/h1-2,7-8H,3-6H2,(H,12,13,14). The minimum atomic E-state index is 0.707. The van der Waals surface area contributed by atoms with E-state index in [0.29, 0.717) is 5.25 Å². The Hall–Kier alpha value is -0.460. The summed E-state index contributed by atoms with van der Waals surface area (Å²) in [7, 11) is 0. The van der Waals surface area contributed by atoms with Crippen molar-refractivity contribution in [2.75, 3.05) is 29.1 Å². The normalized spacial score (nSPS) is 20.6. The first-order chi connectivity index (χ1) is 8.43. The zero-order valence-electron chi connectivity index (χ0n) is 9.26. The van der Waals surface area contributed by atoms with E-state index in [1.54, 1.807) is 17.7 Å². The lowest BCUT2D eigenvalue weighted by atomic mass is 10.4. The summed E-state index contributed by atoms with van der Waals surface area (Å²) in [5.41, 5.74) is 1.04. The molecule has 1 fully saturated rings. The smallest absolute Gasteiger partial charge is 0.147 e. The van der Waals surface area contributed by atoms with Crippen LogP contribution in [0.15, 0.2) is 17.8 Å². The molecule has 1 aliphatic rings. The molecule has 3 heterocycles. The van der Waals surface area contributed by atoms with Gasteiger partial charge in [-0.15, -0.1) is 11.3 Å². The number of thioether (sulfide) groups is 2. The van der Waals surface area contributed by atoms with Gasteiger partial charge in [-0.05, 0) is 11.4 Å². The molecule has 1 N–H and O–H groups in total. The van der Waals surface area contributed by atoms with Gasteiger partial charge >= 0.3 is 0 Å². The first-order valence-electron chi connectivity index (χ1n) is 5.55. The van der Waals surface area contributed by atoms with Gasteiger partial charge in [-0.3, -0.25) is 0 Å². The van der Waals surface area contributed by atoms with E-state index < -0.39 is 0 Å². The molecule has 2 aromatic heterocycles. The number of thiophene rings is 1. The van der Waals surface area contributed by atoms with E-state index in [0.717, 1.165) is 17.9 Å². The van der Waals surface area contributed by atoms with E-state index in [2.05, 4.69) is 44.2 Å². The van der Waals surface area contributed by atoms with Gasteiger partial charge in [-0.25, -0.2) is 9.97 Å². The molecular weight excluding hydrogens is 270 g/mol. The summed E-state index contributed by atoms with van der Waals surface area (Å²) in [4.78, 5) is 8.58. The van der Waals surface area contributed by atoms with Crippen LogP contribution in [0.2, 0.25) is 0 Å². The molecule has 90 valence electrons. The number of fused-ring (bicyclic) bond motifs is 1. The quantitative estimate of drug-likeness (QED) is 0.937. The number of nitrogens with one attached hydrogen (secondary N) is 1. The Labute approximate surface area is 113 Å². The van der Waals surface area contributed by atoms with Crippen LogP contribution in [-0.4, -0.2) is 39.0 Å². The fourth-order valence-corrected chi connectivity index (χ4v) is 5.20. The van der Waals surface area contributed by atoms with Crippen LogP contribution >= 0.6 is 34.9 Å². The summed E-state index contributed by atoms with van der Waals surface area (Å²) in [5.74, 6) is 4.80. The van der Waals surface area contributed by atoms with Gasteiger partial charge < -0.3 is 5.32 Å². The molecule has 0 amide bonds. The molecule has 0 bridgehead atoms. The van der Waals surface area contributed by atoms with Crippen molar-refractivity contribution in [3.63, 3.8) is 0 Å². The van der Waals surface area contributed by atoms with Crippen molar-refractivity contribution in [3.05, 3.63) is 17.8 Å². The molecule has 1 atom stereocenters. The Balaban J connectivity index is 1.69. The molecular formula is C11H13N3S3. The zero-order chi connectivity index (χ0) is 11.5. The van der Waals surface area contributed by atoms with Gasteiger partial charge in [0.25, 0.3) is 0 Å². The largest absolute Gasteiger partial charge is 0.368 e. The Kier molecular flexibility index (Phi) is 3.73. The molecule has 1 aliphatic heterocycles. The fraction of sp³-hybridized carbons (Fsp3) is 0.455. The van der Waals surface area contributed by atoms with E-state index in [-0.39, 0.29) is 0 Å². The van der Waals surface area contributed by atoms with E-state index in [4.69, 9.17) is 0 Å². The zero-order valence-corrected chi connectivity index (χ0v) is 11.7. The first-order valence-corrected chi connectivity index (χ1v) is 8.63. The van der Waals surface area contributed by atoms with E-state index in [1.165, 1.54) is 22.0 Å². The Morgan fingerprint density at radius 1 is 1.35 bits per heavy atom. The molecule has 17 heavy (non-hydrogen) atoms. The number of rotatable bonds is 3. The highest BCUT2D eigenvalue weighted by atomic mass is 32.2. The van der Waals surface area contributed by atoms with Crippen LogP contribution in [0, 0.1) is 0 Å². The highest BCUT2D eigenvalue weighted by Gasteiger charge is 2.14. The highest BCUT2D eigenvalue weighted by molar-refractivity contribution is 8.06. The van der Waals surface area contributed by atoms with Gasteiger partial charge in [0.1, 0.15) is 12.1 Å². The SMILES string of the molecule is c1nc(NCC2CSCCS2)c2sccc2n1. The van der Waals surface area contributed by atoms with Crippen LogP contribution in [0.4, 0.5) is 5.82 Å². The number of hydrogen-bond donors (Lipinski definition) is 1. The predicted molar refractivity (Wildman–Crippen MR) is 79.5 cm³/mol.